The summed E-state index contributed by atoms with van der Waals surface area (Å²) in [5.41, 5.74) is 0.735. The van der Waals surface area contributed by atoms with Crippen molar-refractivity contribution in [3.8, 4) is 22.9 Å². The van der Waals surface area contributed by atoms with Crippen molar-refractivity contribution in [2.45, 2.75) is 39.3 Å². The van der Waals surface area contributed by atoms with E-state index in [2.05, 4.69) is 27.7 Å². The smallest absolute Gasteiger partial charge is 0.243 e. The van der Waals surface area contributed by atoms with Crippen LogP contribution in [0.25, 0.3) is 11.4 Å². The molecule has 1 aromatic carbocycles. The van der Waals surface area contributed by atoms with Crippen LogP contribution in [0.2, 0.25) is 0 Å². The molecule has 1 aromatic heterocycles. The highest BCUT2D eigenvalue weighted by Crippen LogP contribution is 2.30. The second-order valence-corrected chi connectivity index (χ2v) is 5.47. The van der Waals surface area contributed by atoms with Crippen LogP contribution in [0.4, 0.5) is 0 Å². The van der Waals surface area contributed by atoms with Crippen LogP contribution in [0.3, 0.4) is 0 Å². The van der Waals surface area contributed by atoms with Gasteiger partial charge in [-0.1, -0.05) is 13.3 Å². The largest absolute Gasteiger partial charge is 0.493 e. The summed E-state index contributed by atoms with van der Waals surface area (Å²) < 4.78 is 10.5. The van der Waals surface area contributed by atoms with Gasteiger partial charge in [-0.05, 0) is 36.8 Å². The van der Waals surface area contributed by atoms with Gasteiger partial charge >= 0.3 is 0 Å². The Labute approximate surface area is 141 Å². The second-order valence-electron chi connectivity index (χ2n) is 5.47. The first-order valence-corrected chi connectivity index (χ1v) is 7.87. The summed E-state index contributed by atoms with van der Waals surface area (Å²) in [5, 5.41) is 15.1. The number of hydrogen-bond donors (Lipinski definition) is 1. The van der Waals surface area contributed by atoms with Crippen LogP contribution in [-0.4, -0.2) is 46.4 Å². The molecule has 1 amide bonds. The van der Waals surface area contributed by atoms with Crippen molar-refractivity contribution in [1.82, 2.24) is 25.5 Å². The van der Waals surface area contributed by atoms with E-state index in [4.69, 9.17) is 9.47 Å². The van der Waals surface area contributed by atoms with Crippen molar-refractivity contribution in [2.75, 3.05) is 14.2 Å². The molecule has 2 aromatic rings. The first kappa shape index (κ1) is 17.7. The van der Waals surface area contributed by atoms with E-state index in [1.807, 2.05) is 13.0 Å². The van der Waals surface area contributed by atoms with Crippen molar-refractivity contribution < 1.29 is 14.3 Å². The Morgan fingerprint density at radius 3 is 2.71 bits per heavy atom. The van der Waals surface area contributed by atoms with Crippen LogP contribution in [0, 0.1) is 0 Å². The molecular weight excluding hydrogens is 310 g/mol. The van der Waals surface area contributed by atoms with E-state index in [1.54, 1.807) is 26.4 Å². The molecular formula is C16H23N5O3. The second kappa shape index (κ2) is 8.28. The lowest BCUT2D eigenvalue weighted by Gasteiger charge is -2.11. The van der Waals surface area contributed by atoms with Gasteiger partial charge in [0.05, 0.1) is 14.2 Å². The normalized spacial score (nSPS) is 11.8. The van der Waals surface area contributed by atoms with E-state index >= 15 is 0 Å². The van der Waals surface area contributed by atoms with Gasteiger partial charge in [0.1, 0.15) is 6.54 Å². The molecule has 0 saturated carbocycles. The molecule has 0 radical (unpaired) electrons. The molecule has 1 atom stereocenters. The topological polar surface area (TPSA) is 91.2 Å². The van der Waals surface area contributed by atoms with Gasteiger partial charge in [-0.15, -0.1) is 10.2 Å². The minimum Gasteiger partial charge on any atom is -0.493 e. The van der Waals surface area contributed by atoms with Gasteiger partial charge in [0.2, 0.25) is 11.7 Å². The lowest BCUT2D eigenvalue weighted by Crippen LogP contribution is -2.35. The van der Waals surface area contributed by atoms with E-state index in [-0.39, 0.29) is 18.5 Å². The highest BCUT2D eigenvalue weighted by Gasteiger charge is 2.13. The summed E-state index contributed by atoms with van der Waals surface area (Å²) in [7, 11) is 3.14. The van der Waals surface area contributed by atoms with Gasteiger partial charge in [0.25, 0.3) is 0 Å². The maximum atomic E-state index is 12.0. The van der Waals surface area contributed by atoms with Gasteiger partial charge in [-0.2, -0.15) is 4.80 Å². The molecule has 1 N–H and O–H groups in total. The van der Waals surface area contributed by atoms with Crippen LogP contribution < -0.4 is 14.8 Å². The predicted molar refractivity (Wildman–Crippen MR) is 88.9 cm³/mol. The van der Waals surface area contributed by atoms with Crippen LogP contribution in [0.5, 0.6) is 11.5 Å². The average Bonchev–Trinajstić information content (AvgIpc) is 3.02. The Kier molecular flexibility index (Phi) is 6.11. The Morgan fingerprint density at radius 2 is 2.04 bits per heavy atom. The number of carbonyl (C=O) groups excluding carboxylic acids is 1. The minimum atomic E-state index is -0.132. The fourth-order valence-electron chi connectivity index (χ4n) is 2.36. The van der Waals surface area contributed by atoms with E-state index in [9.17, 15) is 4.79 Å². The molecule has 0 aliphatic carbocycles. The molecule has 0 bridgehead atoms. The summed E-state index contributed by atoms with van der Waals surface area (Å²) in [6.07, 6.45) is 1.96. The fraction of sp³-hybridized carbons (Fsp3) is 0.500. The third-order valence-corrected chi connectivity index (χ3v) is 3.51. The fourth-order valence-corrected chi connectivity index (χ4v) is 2.36. The summed E-state index contributed by atoms with van der Waals surface area (Å²) in [6.45, 7) is 4.09. The first-order valence-electron chi connectivity index (χ1n) is 7.87. The number of aromatic nitrogens is 4. The summed E-state index contributed by atoms with van der Waals surface area (Å²) >= 11 is 0. The first-order chi connectivity index (χ1) is 11.6. The van der Waals surface area contributed by atoms with Gasteiger partial charge in [0, 0.05) is 11.6 Å². The molecule has 0 aliphatic heterocycles. The molecule has 2 rings (SSSR count). The highest BCUT2D eigenvalue weighted by atomic mass is 16.5. The molecule has 0 fully saturated rings. The molecule has 0 spiro atoms. The summed E-state index contributed by atoms with van der Waals surface area (Å²) in [4.78, 5) is 13.2. The van der Waals surface area contributed by atoms with Crippen molar-refractivity contribution in [1.29, 1.82) is 0 Å². The SMILES string of the molecule is CCC[C@@H](C)NC(=O)Cn1nnc(-c2ccc(OC)c(OC)c2)n1. The molecule has 1 heterocycles. The molecule has 0 unspecified atom stereocenters. The van der Waals surface area contributed by atoms with Gasteiger partial charge in [-0.3, -0.25) is 4.79 Å². The van der Waals surface area contributed by atoms with Crippen LogP contribution in [0.1, 0.15) is 26.7 Å². The monoisotopic (exact) mass is 333 g/mol. The summed E-state index contributed by atoms with van der Waals surface area (Å²) in [5.74, 6) is 1.49. The maximum Gasteiger partial charge on any atom is 0.243 e. The zero-order chi connectivity index (χ0) is 17.5. The number of amides is 1. The van der Waals surface area contributed by atoms with E-state index in [0.717, 1.165) is 18.4 Å². The minimum absolute atomic E-state index is 0.0361. The Morgan fingerprint density at radius 1 is 1.29 bits per heavy atom. The number of carbonyl (C=O) groups is 1. The number of ether oxygens (including phenoxy) is 2. The van der Waals surface area contributed by atoms with Crippen LogP contribution in [0.15, 0.2) is 18.2 Å². The Balaban J connectivity index is 2.06. The summed E-state index contributed by atoms with van der Waals surface area (Å²) in [6, 6.07) is 5.49. The lowest BCUT2D eigenvalue weighted by molar-refractivity contribution is -0.122. The lowest BCUT2D eigenvalue weighted by atomic mass is 10.2. The quantitative estimate of drug-likeness (QED) is 0.790. The average molecular weight is 333 g/mol. The predicted octanol–water partition coefficient (Wildman–Crippen LogP) is 1.66. The van der Waals surface area contributed by atoms with E-state index < -0.39 is 0 Å². The van der Waals surface area contributed by atoms with Crippen molar-refractivity contribution in [2.24, 2.45) is 0 Å². The van der Waals surface area contributed by atoms with Gasteiger partial charge < -0.3 is 14.8 Å². The highest BCUT2D eigenvalue weighted by molar-refractivity contribution is 5.75. The van der Waals surface area contributed by atoms with Crippen molar-refractivity contribution in [3.05, 3.63) is 18.2 Å². The number of hydrogen-bond acceptors (Lipinski definition) is 6. The number of nitrogens with zero attached hydrogens (tertiary/aromatic N) is 4. The Bertz CT molecular complexity index is 686. The molecule has 130 valence electrons. The van der Waals surface area contributed by atoms with Crippen LogP contribution in [-0.2, 0) is 11.3 Å². The third-order valence-electron chi connectivity index (χ3n) is 3.51. The number of tetrazole rings is 1. The molecule has 24 heavy (non-hydrogen) atoms. The van der Waals surface area contributed by atoms with Crippen molar-refractivity contribution >= 4 is 5.91 Å². The molecule has 0 aliphatic rings. The van der Waals surface area contributed by atoms with Crippen molar-refractivity contribution in [3.63, 3.8) is 0 Å². The molecule has 8 heteroatoms. The van der Waals surface area contributed by atoms with E-state index in [0.29, 0.717) is 17.3 Å². The zero-order valence-corrected chi connectivity index (χ0v) is 14.4. The number of benzene rings is 1. The van der Waals surface area contributed by atoms with Gasteiger partial charge in [-0.25, -0.2) is 0 Å². The number of rotatable bonds is 8. The van der Waals surface area contributed by atoms with Gasteiger partial charge in [0.15, 0.2) is 11.5 Å². The number of nitrogens with one attached hydrogen (secondary N) is 1. The van der Waals surface area contributed by atoms with E-state index in [1.165, 1.54) is 4.80 Å². The maximum absolute atomic E-state index is 12.0. The Hall–Kier alpha value is -2.64. The standard InChI is InChI=1S/C16H23N5O3/c1-5-6-11(2)17-15(22)10-21-19-16(18-20-21)12-7-8-13(23-3)14(9-12)24-4/h7-9,11H,5-6,10H2,1-4H3,(H,17,22)/t11-/m1/s1. The van der Waals surface area contributed by atoms with Crippen LogP contribution >= 0.6 is 0 Å². The zero-order valence-electron chi connectivity index (χ0n) is 14.4. The molecule has 0 saturated heterocycles. The molecule has 8 nitrogen and oxygen atoms in total. The third kappa shape index (κ3) is 4.43. The number of methoxy groups -OCH3 is 2.